The van der Waals surface area contributed by atoms with Crippen molar-refractivity contribution >= 4 is 11.9 Å². The number of nitrogens with one attached hydrogen (secondary N) is 2. The molecule has 2 heterocycles. The van der Waals surface area contributed by atoms with Gasteiger partial charge in [0.05, 0.1) is 12.8 Å². The molecule has 0 aliphatic rings. The third kappa shape index (κ3) is 4.19. The molecule has 0 fully saturated rings. The minimum absolute atomic E-state index is 0.271. The van der Waals surface area contributed by atoms with Crippen molar-refractivity contribution in [3.8, 4) is 0 Å². The van der Waals surface area contributed by atoms with Crippen LogP contribution in [0.4, 0.5) is 5.95 Å². The highest BCUT2D eigenvalue weighted by molar-refractivity contribution is 5.92. The minimum Gasteiger partial charge on any atom is -0.467 e. The van der Waals surface area contributed by atoms with Gasteiger partial charge in [0.1, 0.15) is 11.5 Å². The minimum atomic E-state index is -0.271. The van der Waals surface area contributed by atoms with E-state index < -0.39 is 0 Å². The fraction of sp³-hybridized carbons (Fsp3) is 0.167. The van der Waals surface area contributed by atoms with Gasteiger partial charge in [-0.2, -0.15) is 0 Å². The molecular weight excluding hydrogens is 304 g/mol. The highest BCUT2D eigenvalue weighted by Gasteiger charge is 2.09. The summed E-state index contributed by atoms with van der Waals surface area (Å²) < 4.78 is 5.18. The summed E-state index contributed by atoms with van der Waals surface area (Å²) in [6, 6.07) is 13.3. The molecule has 24 heavy (non-hydrogen) atoms. The van der Waals surface area contributed by atoms with Crippen LogP contribution in [0, 0.1) is 6.92 Å². The van der Waals surface area contributed by atoms with Gasteiger partial charge >= 0.3 is 0 Å². The molecule has 122 valence electrons. The first kappa shape index (κ1) is 15.7. The van der Waals surface area contributed by atoms with Crippen molar-refractivity contribution in [1.82, 2.24) is 15.3 Å². The third-order valence-corrected chi connectivity index (χ3v) is 3.46. The van der Waals surface area contributed by atoms with Crippen molar-refractivity contribution in [1.29, 1.82) is 0 Å². The number of aromatic nitrogens is 2. The highest BCUT2D eigenvalue weighted by Crippen LogP contribution is 2.07. The summed E-state index contributed by atoms with van der Waals surface area (Å²) in [5.74, 6) is 0.837. The number of carbonyl (C=O) groups is 1. The molecule has 0 unspecified atom stereocenters. The van der Waals surface area contributed by atoms with Crippen molar-refractivity contribution in [2.45, 2.75) is 20.0 Å². The standard InChI is InChI=1S/C18H18N4O2/c1-13-4-6-14(7-5-13)11-21-18-19-9-8-16(22-18)17(23)20-12-15-3-2-10-24-15/h2-10H,11-12H2,1H3,(H,20,23)(H,19,21,22). The van der Waals surface area contributed by atoms with E-state index in [-0.39, 0.29) is 5.91 Å². The summed E-state index contributed by atoms with van der Waals surface area (Å²) in [6.45, 7) is 2.96. The molecule has 0 aliphatic heterocycles. The van der Waals surface area contributed by atoms with E-state index >= 15 is 0 Å². The van der Waals surface area contributed by atoms with Crippen molar-refractivity contribution in [3.05, 3.63) is 77.5 Å². The van der Waals surface area contributed by atoms with E-state index in [4.69, 9.17) is 4.42 Å². The van der Waals surface area contributed by atoms with E-state index in [9.17, 15) is 4.79 Å². The molecule has 6 nitrogen and oxygen atoms in total. The molecule has 0 radical (unpaired) electrons. The maximum atomic E-state index is 12.1. The Hall–Kier alpha value is -3.15. The average molecular weight is 322 g/mol. The molecule has 0 bridgehead atoms. The van der Waals surface area contributed by atoms with Gasteiger partial charge in [0.2, 0.25) is 5.95 Å². The van der Waals surface area contributed by atoms with Crippen LogP contribution >= 0.6 is 0 Å². The predicted molar refractivity (Wildman–Crippen MR) is 90.4 cm³/mol. The van der Waals surface area contributed by atoms with Crippen molar-refractivity contribution < 1.29 is 9.21 Å². The van der Waals surface area contributed by atoms with Crippen LogP contribution < -0.4 is 10.6 Å². The van der Waals surface area contributed by atoms with Crippen molar-refractivity contribution in [2.75, 3.05) is 5.32 Å². The van der Waals surface area contributed by atoms with Gasteiger partial charge in [-0.3, -0.25) is 4.79 Å². The quantitative estimate of drug-likeness (QED) is 0.729. The lowest BCUT2D eigenvalue weighted by Crippen LogP contribution is -2.24. The Labute approximate surface area is 140 Å². The monoisotopic (exact) mass is 322 g/mol. The number of aryl methyl sites for hydroxylation is 1. The second-order valence-electron chi connectivity index (χ2n) is 5.37. The topological polar surface area (TPSA) is 80.0 Å². The largest absolute Gasteiger partial charge is 0.467 e. The molecule has 0 aliphatic carbocycles. The Kier molecular flexibility index (Phi) is 4.86. The van der Waals surface area contributed by atoms with E-state index in [1.165, 1.54) is 5.56 Å². The first-order chi connectivity index (χ1) is 11.7. The van der Waals surface area contributed by atoms with E-state index in [0.717, 1.165) is 5.56 Å². The van der Waals surface area contributed by atoms with Crippen LogP contribution in [0.2, 0.25) is 0 Å². The average Bonchev–Trinajstić information content (AvgIpc) is 3.13. The molecule has 2 aromatic heterocycles. The molecule has 0 saturated heterocycles. The molecule has 1 aromatic carbocycles. The van der Waals surface area contributed by atoms with Crippen LogP contribution in [0.5, 0.6) is 0 Å². The Morgan fingerprint density at radius 3 is 2.71 bits per heavy atom. The lowest BCUT2D eigenvalue weighted by atomic mass is 10.1. The number of amides is 1. The van der Waals surface area contributed by atoms with E-state index in [2.05, 4.69) is 32.7 Å². The second-order valence-corrected chi connectivity index (χ2v) is 5.37. The SMILES string of the molecule is Cc1ccc(CNc2nccc(C(=O)NCc3ccco3)n2)cc1. The van der Waals surface area contributed by atoms with Crippen molar-refractivity contribution in [3.63, 3.8) is 0 Å². The third-order valence-electron chi connectivity index (χ3n) is 3.46. The maximum Gasteiger partial charge on any atom is 0.270 e. The fourth-order valence-electron chi connectivity index (χ4n) is 2.13. The summed E-state index contributed by atoms with van der Waals surface area (Å²) in [4.78, 5) is 20.5. The van der Waals surface area contributed by atoms with Crippen molar-refractivity contribution in [2.24, 2.45) is 0 Å². The van der Waals surface area contributed by atoms with Gasteiger partial charge in [-0.05, 0) is 30.7 Å². The van der Waals surface area contributed by atoms with Gasteiger partial charge < -0.3 is 15.1 Å². The molecule has 0 atom stereocenters. The fourth-order valence-corrected chi connectivity index (χ4v) is 2.13. The number of nitrogens with zero attached hydrogens (tertiary/aromatic N) is 2. The Morgan fingerprint density at radius 1 is 1.12 bits per heavy atom. The van der Waals surface area contributed by atoms with E-state index in [0.29, 0.717) is 30.5 Å². The number of rotatable bonds is 6. The Balaban J connectivity index is 1.58. The molecule has 0 saturated carbocycles. The molecular formula is C18H18N4O2. The van der Waals surface area contributed by atoms with Gasteiger partial charge in [-0.1, -0.05) is 29.8 Å². The van der Waals surface area contributed by atoms with Crippen LogP contribution in [-0.4, -0.2) is 15.9 Å². The molecule has 6 heteroatoms. The van der Waals surface area contributed by atoms with Gasteiger partial charge in [0.15, 0.2) is 0 Å². The number of hydrogen-bond acceptors (Lipinski definition) is 5. The summed E-state index contributed by atoms with van der Waals surface area (Å²) in [7, 11) is 0. The van der Waals surface area contributed by atoms with E-state index in [1.54, 1.807) is 30.7 Å². The normalized spacial score (nSPS) is 10.4. The summed E-state index contributed by atoms with van der Waals surface area (Å²) in [5, 5.41) is 5.88. The lowest BCUT2D eigenvalue weighted by Gasteiger charge is -2.07. The summed E-state index contributed by atoms with van der Waals surface area (Å²) in [5.41, 5.74) is 2.64. The number of furan rings is 1. The van der Waals surface area contributed by atoms with Crippen LogP contribution in [0.25, 0.3) is 0 Å². The van der Waals surface area contributed by atoms with Crippen LogP contribution in [0.15, 0.2) is 59.3 Å². The number of benzene rings is 1. The zero-order valence-electron chi connectivity index (χ0n) is 13.3. The van der Waals surface area contributed by atoms with Crippen LogP contribution in [0.1, 0.15) is 27.4 Å². The summed E-state index contributed by atoms with van der Waals surface area (Å²) >= 11 is 0. The first-order valence-corrected chi connectivity index (χ1v) is 7.64. The smallest absolute Gasteiger partial charge is 0.270 e. The maximum absolute atomic E-state index is 12.1. The van der Waals surface area contributed by atoms with Crippen LogP contribution in [-0.2, 0) is 13.1 Å². The zero-order chi connectivity index (χ0) is 16.8. The van der Waals surface area contributed by atoms with Gasteiger partial charge in [-0.25, -0.2) is 9.97 Å². The molecule has 1 amide bonds. The lowest BCUT2D eigenvalue weighted by molar-refractivity contribution is 0.0943. The second kappa shape index (κ2) is 7.41. The van der Waals surface area contributed by atoms with Gasteiger partial charge in [0, 0.05) is 12.7 Å². The van der Waals surface area contributed by atoms with Gasteiger partial charge in [0.25, 0.3) is 5.91 Å². The highest BCUT2D eigenvalue weighted by atomic mass is 16.3. The molecule has 0 spiro atoms. The summed E-state index contributed by atoms with van der Waals surface area (Å²) in [6.07, 6.45) is 3.13. The molecule has 2 N–H and O–H groups in total. The molecule has 3 aromatic rings. The Bertz CT molecular complexity index is 798. The Morgan fingerprint density at radius 2 is 1.96 bits per heavy atom. The zero-order valence-corrected chi connectivity index (χ0v) is 13.3. The number of carbonyl (C=O) groups excluding carboxylic acids is 1. The molecule has 3 rings (SSSR count). The van der Waals surface area contributed by atoms with E-state index in [1.807, 2.05) is 19.1 Å². The van der Waals surface area contributed by atoms with Crippen LogP contribution in [0.3, 0.4) is 0 Å². The first-order valence-electron chi connectivity index (χ1n) is 7.64. The van der Waals surface area contributed by atoms with Gasteiger partial charge in [-0.15, -0.1) is 0 Å². The predicted octanol–water partition coefficient (Wildman–Crippen LogP) is 2.92. The number of hydrogen-bond donors (Lipinski definition) is 2. The number of anilines is 1.